The molecule has 0 atom stereocenters. The maximum absolute atomic E-state index is 12.7. The second-order valence-electron chi connectivity index (χ2n) is 5.75. The van der Waals surface area contributed by atoms with Crippen LogP contribution in [0.1, 0.15) is 5.69 Å². The van der Waals surface area contributed by atoms with Crippen LogP contribution in [-0.2, 0) is 4.79 Å². The smallest absolute Gasteiger partial charge is 0.317 e. The molecule has 1 N–H and O–H groups in total. The molecule has 2 heterocycles. The number of halogens is 1. The molecule has 3 amide bonds. The van der Waals surface area contributed by atoms with E-state index in [0.717, 1.165) is 16.3 Å². The van der Waals surface area contributed by atoms with Gasteiger partial charge in [0.1, 0.15) is 5.70 Å². The molecule has 1 aromatic heterocycles. The van der Waals surface area contributed by atoms with Gasteiger partial charge in [0.2, 0.25) is 0 Å². The standard InChI is InChI=1S/C20H14ClN3O2/c21-14-6-4-9-17(12-14)24-19(25)18(22-20(24)26)13-16-10-5-11-23(16)15-7-2-1-3-8-15/h1-13H,(H,22,26)/b18-13-. The highest BCUT2D eigenvalue weighted by molar-refractivity contribution is 6.32. The SMILES string of the molecule is O=C1N/C(=C\c2cccn2-c2ccccc2)C(=O)N1c1cccc(Cl)c1. The Morgan fingerprint density at radius 3 is 2.42 bits per heavy atom. The molecule has 0 bridgehead atoms. The van der Waals surface area contributed by atoms with Gasteiger partial charge in [-0.1, -0.05) is 35.9 Å². The van der Waals surface area contributed by atoms with Crippen LogP contribution in [0.15, 0.2) is 78.6 Å². The molecule has 6 heteroatoms. The van der Waals surface area contributed by atoms with Gasteiger partial charge in [-0.2, -0.15) is 0 Å². The van der Waals surface area contributed by atoms with Crippen molar-refractivity contribution >= 4 is 35.3 Å². The topological polar surface area (TPSA) is 54.3 Å². The molecule has 2 aromatic carbocycles. The zero-order valence-electron chi connectivity index (χ0n) is 13.6. The lowest BCUT2D eigenvalue weighted by molar-refractivity contribution is -0.113. The highest BCUT2D eigenvalue weighted by atomic mass is 35.5. The van der Waals surface area contributed by atoms with Crippen molar-refractivity contribution in [3.05, 3.63) is 89.3 Å². The number of imide groups is 1. The zero-order chi connectivity index (χ0) is 18.1. The summed E-state index contributed by atoms with van der Waals surface area (Å²) in [5.41, 5.74) is 2.40. The number of nitrogens with zero attached hydrogens (tertiary/aromatic N) is 2. The highest BCUT2D eigenvalue weighted by Crippen LogP contribution is 2.25. The van der Waals surface area contributed by atoms with Crippen molar-refractivity contribution in [2.45, 2.75) is 0 Å². The van der Waals surface area contributed by atoms with E-state index in [1.54, 1.807) is 30.3 Å². The number of benzene rings is 2. The minimum atomic E-state index is -0.499. The number of nitrogens with one attached hydrogen (secondary N) is 1. The van der Waals surface area contributed by atoms with E-state index in [1.807, 2.05) is 53.2 Å². The number of aromatic nitrogens is 1. The number of carbonyl (C=O) groups is 2. The van der Waals surface area contributed by atoms with Crippen molar-refractivity contribution < 1.29 is 9.59 Å². The van der Waals surface area contributed by atoms with Crippen molar-refractivity contribution in [2.75, 3.05) is 4.90 Å². The third-order valence-electron chi connectivity index (χ3n) is 4.05. The summed E-state index contributed by atoms with van der Waals surface area (Å²) in [6, 6.07) is 19.6. The summed E-state index contributed by atoms with van der Waals surface area (Å²) in [7, 11) is 0. The lowest BCUT2D eigenvalue weighted by atomic mass is 10.2. The van der Waals surface area contributed by atoms with Crippen molar-refractivity contribution in [1.29, 1.82) is 0 Å². The largest absolute Gasteiger partial charge is 0.333 e. The third-order valence-corrected chi connectivity index (χ3v) is 4.29. The monoisotopic (exact) mass is 363 g/mol. The fourth-order valence-electron chi connectivity index (χ4n) is 2.87. The highest BCUT2D eigenvalue weighted by Gasteiger charge is 2.35. The average molecular weight is 364 g/mol. The maximum Gasteiger partial charge on any atom is 0.333 e. The second kappa shape index (κ2) is 6.54. The van der Waals surface area contributed by atoms with Crippen LogP contribution in [0.5, 0.6) is 0 Å². The molecule has 1 saturated heterocycles. The molecule has 1 aliphatic rings. The van der Waals surface area contributed by atoms with Crippen LogP contribution in [0.3, 0.4) is 0 Å². The number of carbonyl (C=O) groups excluding carboxylic acids is 2. The number of urea groups is 1. The van der Waals surface area contributed by atoms with Gasteiger partial charge in [-0.3, -0.25) is 4.79 Å². The first-order valence-electron chi connectivity index (χ1n) is 7.99. The van der Waals surface area contributed by atoms with Gasteiger partial charge in [-0.15, -0.1) is 0 Å². The Bertz CT molecular complexity index is 1020. The number of hydrogen-bond donors (Lipinski definition) is 1. The average Bonchev–Trinajstić information content (AvgIpc) is 3.20. The molecular weight excluding hydrogens is 350 g/mol. The molecule has 26 heavy (non-hydrogen) atoms. The van der Waals surface area contributed by atoms with E-state index < -0.39 is 11.9 Å². The minimum absolute atomic E-state index is 0.214. The van der Waals surface area contributed by atoms with Gasteiger partial charge in [-0.05, 0) is 48.5 Å². The van der Waals surface area contributed by atoms with E-state index in [0.29, 0.717) is 10.7 Å². The molecular formula is C20H14ClN3O2. The Labute approximate surface area is 155 Å². The van der Waals surface area contributed by atoms with Gasteiger partial charge < -0.3 is 9.88 Å². The van der Waals surface area contributed by atoms with E-state index in [1.165, 1.54) is 0 Å². The predicted molar refractivity (Wildman–Crippen MR) is 101 cm³/mol. The molecule has 0 saturated carbocycles. The Hall–Kier alpha value is -3.31. The van der Waals surface area contributed by atoms with Crippen molar-refractivity contribution in [3.8, 4) is 5.69 Å². The summed E-state index contributed by atoms with van der Waals surface area (Å²) in [5, 5.41) is 3.09. The number of hydrogen-bond acceptors (Lipinski definition) is 2. The maximum atomic E-state index is 12.7. The van der Waals surface area contributed by atoms with Gasteiger partial charge in [0.25, 0.3) is 5.91 Å². The van der Waals surface area contributed by atoms with Crippen molar-refractivity contribution in [2.24, 2.45) is 0 Å². The van der Waals surface area contributed by atoms with E-state index in [2.05, 4.69) is 5.32 Å². The number of amides is 3. The van der Waals surface area contributed by atoms with E-state index in [-0.39, 0.29) is 5.70 Å². The summed E-state index contributed by atoms with van der Waals surface area (Å²) >= 11 is 5.97. The van der Waals surface area contributed by atoms with E-state index in [4.69, 9.17) is 11.6 Å². The fraction of sp³-hybridized carbons (Fsp3) is 0. The van der Waals surface area contributed by atoms with Crippen LogP contribution in [-0.4, -0.2) is 16.5 Å². The Morgan fingerprint density at radius 2 is 1.65 bits per heavy atom. The fourth-order valence-corrected chi connectivity index (χ4v) is 3.05. The molecule has 0 radical (unpaired) electrons. The molecule has 0 spiro atoms. The Kier molecular flexibility index (Phi) is 4.07. The van der Waals surface area contributed by atoms with Gasteiger partial charge in [0, 0.05) is 22.6 Å². The van der Waals surface area contributed by atoms with Crippen LogP contribution in [0, 0.1) is 0 Å². The molecule has 0 aliphatic carbocycles. The quantitative estimate of drug-likeness (QED) is 0.559. The first kappa shape index (κ1) is 16.2. The van der Waals surface area contributed by atoms with E-state index >= 15 is 0 Å². The molecule has 4 rings (SSSR count). The summed E-state index contributed by atoms with van der Waals surface area (Å²) < 4.78 is 1.94. The molecule has 0 unspecified atom stereocenters. The number of rotatable bonds is 3. The molecule has 5 nitrogen and oxygen atoms in total. The van der Waals surface area contributed by atoms with Gasteiger partial charge >= 0.3 is 6.03 Å². The first-order valence-corrected chi connectivity index (χ1v) is 8.37. The van der Waals surface area contributed by atoms with Gasteiger partial charge in [0.05, 0.1) is 5.69 Å². The van der Waals surface area contributed by atoms with E-state index in [9.17, 15) is 9.59 Å². The lowest BCUT2D eigenvalue weighted by Crippen LogP contribution is -2.30. The van der Waals surface area contributed by atoms with Gasteiger partial charge in [0.15, 0.2) is 0 Å². The van der Waals surface area contributed by atoms with Crippen LogP contribution >= 0.6 is 11.6 Å². The number of para-hydroxylation sites is 1. The van der Waals surface area contributed by atoms with Crippen molar-refractivity contribution in [1.82, 2.24) is 9.88 Å². The minimum Gasteiger partial charge on any atom is -0.317 e. The summed E-state index contributed by atoms with van der Waals surface area (Å²) in [5.74, 6) is -0.418. The van der Waals surface area contributed by atoms with Crippen molar-refractivity contribution in [3.63, 3.8) is 0 Å². The Balaban J connectivity index is 1.69. The number of anilines is 1. The third kappa shape index (κ3) is 2.89. The predicted octanol–water partition coefficient (Wildman–Crippen LogP) is 4.23. The zero-order valence-corrected chi connectivity index (χ0v) is 14.4. The molecule has 128 valence electrons. The normalized spacial score (nSPS) is 15.6. The van der Waals surface area contributed by atoms with Crippen LogP contribution in [0.4, 0.5) is 10.5 Å². The molecule has 1 aliphatic heterocycles. The van der Waals surface area contributed by atoms with Crippen LogP contribution in [0.25, 0.3) is 11.8 Å². The second-order valence-corrected chi connectivity index (χ2v) is 6.18. The Morgan fingerprint density at radius 1 is 0.885 bits per heavy atom. The van der Waals surface area contributed by atoms with Crippen LogP contribution < -0.4 is 10.2 Å². The van der Waals surface area contributed by atoms with Crippen LogP contribution in [0.2, 0.25) is 5.02 Å². The molecule has 1 fully saturated rings. The van der Waals surface area contributed by atoms with Gasteiger partial charge in [-0.25, -0.2) is 9.69 Å². The summed E-state index contributed by atoms with van der Waals surface area (Å²) in [4.78, 5) is 26.1. The summed E-state index contributed by atoms with van der Waals surface area (Å²) in [6.45, 7) is 0. The lowest BCUT2D eigenvalue weighted by Gasteiger charge is -2.11. The summed E-state index contributed by atoms with van der Waals surface area (Å²) in [6.07, 6.45) is 3.56. The molecule has 3 aromatic rings. The first-order chi connectivity index (χ1) is 12.6.